The van der Waals surface area contributed by atoms with E-state index in [4.69, 9.17) is 23.2 Å². The summed E-state index contributed by atoms with van der Waals surface area (Å²) >= 11 is 11.7. The van der Waals surface area contributed by atoms with Crippen LogP contribution in [0.2, 0.25) is 10.0 Å². The van der Waals surface area contributed by atoms with Gasteiger partial charge in [0.1, 0.15) is 0 Å². The smallest absolute Gasteiger partial charge is 0.281 e. The summed E-state index contributed by atoms with van der Waals surface area (Å²) in [5, 5.41) is 4.51. The molecule has 6 heteroatoms. The number of aromatic nitrogens is 2. The fourth-order valence-electron chi connectivity index (χ4n) is 2.23. The molecule has 2 aromatic carbocycles. The van der Waals surface area contributed by atoms with E-state index in [2.05, 4.69) is 11.7 Å². The lowest BCUT2D eigenvalue weighted by atomic mass is 10.2. The van der Waals surface area contributed by atoms with Crippen molar-refractivity contribution in [2.24, 2.45) is 0 Å². The van der Waals surface area contributed by atoms with E-state index in [-0.39, 0.29) is 0 Å². The molecular weight excluding hydrogens is 347 g/mol. The van der Waals surface area contributed by atoms with Crippen molar-refractivity contribution in [2.75, 3.05) is 0 Å². The molecule has 0 atom stereocenters. The zero-order chi connectivity index (χ0) is 17.3. The summed E-state index contributed by atoms with van der Waals surface area (Å²) in [7, 11) is 0. The summed E-state index contributed by atoms with van der Waals surface area (Å²) in [4.78, 5) is 25.0. The topological polar surface area (TPSA) is 54.9 Å². The Morgan fingerprint density at radius 1 is 1.00 bits per heavy atom. The van der Waals surface area contributed by atoms with Crippen molar-refractivity contribution in [3.8, 4) is 0 Å². The Bertz CT molecular complexity index is 1060. The van der Waals surface area contributed by atoms with E-state index in [0.717, 1.165) is 10.2 Å². The van der Waals surface area contributed by atoms with Crippen LogP contribution in [0, 0.1) is 0 Å². The molecule has 3 aromatic rings. The molecule has 1 N–H and O–H groups in total. The molecule has 0 bridgehead atoms. The van der Waals surface area contributed by atoms with Crippen LogP contribution in [0.3, 0.4) is 0 Å². The molecule has 0 saturated carbocycles. The van der Waals surface area contributed by atoms with Crippen molar-refractivity contribution in [1.29, 1.82) is 0 Å². The van der Waals surface area contributed by atoms with Crippen LogP contribution in [0.4, 0.5) is 0 Å². The van der Waals surface area contributed by atoms with Gasteiger partial charge in [-0.25, -0.2) is 0 Å². The van der Waals surface area contributed by atoms with Crippen LogP contribution >= 0.6 is 23.2 Å². The monoisotopic (exact) mass is 358 g/mol. The highest BCUT2D eigenvalue weighted by Crippen LogP contribution is 2.10. The maximum atomic E-state index is 12.5. The predicted molar refractivity (Wildman–Crippen MR) is 96.0 cm³/mol. The van der Waals surface area contributed by atoms with Crippen molar-refractivity contribution in [3.05, 3.63) is 90.6 Å². The maximum absolute atomic E-state index is 12.5. The van der Waals surface area contributed by atoms with Crippen molar-refractivity contribution in [2.45, 2.75) is 0 Å². The van der Waals surface area contributed by atoms with Gasteiger partial charge in [0, 0.05) is 15.6 Å². The first-order chi connectivity index (χ1) is 11.5. The average molecular weight is 359 g/mol. The van der Waals surface area contributed by atoms with E-state index in [1.807, 2.05) is 0 Å². The summed E-state index contributed by atoms with van der Waals surface area (Å²) < 4.78 is 0.938. The van der Waals surface area contributed by atoms with Gasteiger partial charge in [0.2, 0.25) is 0 Å². The molecule has 0 aliphatic heterocycles. The van der Waals surface area contributed by atoms with Crippen LogP contribution in [0.25, 0.3) is 12.7 Å². The number of carbonyl (C=O) groups is 1. The Balaban J connectivity index is 2.08. The normalized spacial score (nSPS) is 11.7. The number of nitrogens with one attached hydrogen (secondary N) is 1. The Morgan fingerprint density at radius 3 is 2.12 bits per heavy atom. The van der Waals surface area contributed by atoms with E-state index in [1.54, 1.807) is 54.6 Å². The number of H-pyrrole nitrogens is 1. The van der Waals surface area contributed by atoms with E-state index < -0.39 is 11.5 Å². The number of rotatable bonds is 2. The molecule has 0 amide bonds. The molecule has 0 unspecified atom stereocenters. The third kappa shape index (κ3) is 3.20. The first-order valence-electron chi connectivity index (χ1n) is 7.03. The summed E-state index contributed by atoms with van der Waals surface area (Å²) in [6.45, 7) is 3.80. The van der Waals surface area contributed by atoms with Gasteiger partial charge >= 0.3 is 0 Å². The quantitative estimate of drug-likeness (QED) is 0.764. The first-order valence-corrected chi connectivity index (χ1v) is 7.79. The van der Waals surface area contributed by atoms with Gasteiger partial charge in [0.05, 0.1) is 10.6 Å². The van der Waals surface area contributed by atoms with E-state index in [0.29, 0.717) is 26.2 Å². The van der Waals surface area contributed by atoms with Crippen molar-refractivity contribution in [3.63, 3.8) is 0 Å². The molecule has 3 rings (SSSR count). The Morgan fingerprint density at radius 2 is 1.54 bits per heavy atom. The fraction of sp³-hybridized carbons (Fsp3) is 0. The second kappa shape index (κ2) is 6.51. The number of aromatic amines is 1. The second-order valence-corrected chi connectivity index (χ2v) is 6.03. The van der Waals surface area contributed by atoms with Crippen molar-refractivity contribution < 1.29 is 4.79 Å². The standard InChI is InChI=1S/C18H12Cl2N2O2/c1-11-16(10-12-2-6-14(19)7-3-12)18(24)22(21-11)17(23)13-4-8-15(20)9-5-13/h2-10,21H,1H2/b16-10+. The van der Waals surface area contributed by atoms with E-state index in [1.165, 1.54) is 0 Å². The van der Waals surface area contributed by atoms with Crippen LogP contribution in [0.15, 0.2) is 53.3 Å². The highest BCUT2D eigenvalue weighted by atomic mass is 35.5. The van der Waals surface area contributed by atoms with Crippen LogP contribution in [-0.2, 0) is 0 Å². The van der Waals surface area contributed by atoms with Gasteiger partial charge < -0.3 is 0 Å². The minimum Gasteiger partial charge on any atom is -0.288 e. The highest BCUT2D eigenvalue weighted by Gasteiger charge is 2.13. The summed E-state index contributed by atoms with van der Waals surface area (Å²) in [5.74, 6) is -0.475. The van der Waals surface area contributed by atoms with Crippen LogP contribution < -0.4 is 16.1 Å². The fourth-order valence-corrected chi connectivity index (χ4v) is 2.49. The Kier molecular flexibility index (Phi) is 4.42. The van der Waals surface area contributed by atoms with E-state index >= 15 is 0 Å². The summed E-state index contributed by atoms with van der Waals surface area (Å²) in [6.07, 6.45) is 1.66. The minimum absolute atomic E-state index is 0.319. The zero-order valence-electron chi connectivity index (χ0n) is 12.4. The third-order valence-corrected chi connectivity index (χ3v) is 3.98. The SMILES string of the molecule is C=c1[nH]n(C(=O)c2ccc(Cl)cc2)c(=O)/c1=C/c1ccc(Cl)cc1. The largest absolute Gasteiger partial charge is 0.288 e. The first kappa shape index (κ1) is 16.3. The number of benzene rings is 2. The minimum atomic E-state index is -0.475. The van der Waals surface area contributed by atoms with Gasteiger partial charge in [0.25, 0.3) is 11.5 Å². The summed E-state index contributed by atoms with van der Waals surface area (Å²) in [5.41, 5.74) is 0.669. The molecule has 1 aromatic heterocycles. The Hall–Kier alpha value is -2.56. The Labute approximate surface area is 147 Å². The molecule has 4 nitrogen and oxygen atoms in total. The van der Waals surface area contributed by atoms with Gasteiger partial charge in [-0.1, -0.05) is 41.9 Å². The zero-order valence-corrected chi connectivity index (χ0v) is 13.9. The molecule has 0 saturated heterocycles. The summed E-state index contributed by atoms with van der Waals surface area (Å²) in [6, 6.07) is 13.3. The molecule has 0 aliphatic carbocycles. The molecule has 0 aliphatic rings. The number of hydrogen-bond donors (Lipinski definition) is 1. The van der Waals surface area contributed by atoms with E-state index in [9.17, 15) is 9.59 Å². The highest BCUT2D eigenvalue weighted by molar-refractivity contribution is 6.30. The second-order valence-electron chi connectivity index (χ2n) is 5.15. The molecular formula is C18H12Cl2N2O2. The van der Waals surface area contributed by atoms with Gasteiger partial charge in [-0.05, 0) is 48.0 Å². The number of halogens is 2. The van der Waals surface area contributed by atoms with Crippen molar-refractivity contribution in [1.82, 2.24) is 9.78 Å². The van der Waals surface area contributed by atoms with Gasteiger partial charge in [-0.2, -0.15) is 4.68 Å². The number of carbonyl (C=O) groups excluding carboxylic acids is 1. The molecule has 24 heavy (non-hydrogen) atoms. The van der Waals surface area contributed by atoms with Crippen LogP contribution in [-0.4, -0.2) is 15.7 Å². The van der Waals surface area contributed by atoms with Crippen molar-refractivity contribution >= 4 is 41.8 Å². The molecule has 120 valence electrons. The van der Waals surface area contributed by atoms with Gasteiger partial charge in [0.15, 0.2) is 0 Å². The van der Waals surface area contributed by atoms with Crippen LogP contribution in [0.5, 0.6) is 0 Å². The predicted octanol–water partition coefficient (Wildman–Crippen LogP) is 2.41. The molecule has 0 spiro atoms. The van der Waals surface area contributed by atoms with Crippen LogP contribution in [0.1, 0.15) is 15.9 Å². The van der Waals surface area contributed by atoms with Gasteiger partial charge in [-0.15, -0.1) is 0 Å². The lowest BCUT2D eigenvalue weighted by molar-refractivity contribution is 0.0941. The lowest BCUT2D eigenvalue weighted by Gasteiger charge is -2.00. The molecule has 1 heterocycles. The number of hydrogen-bond acceptors (Lipinski definition) is 2. The molecule has 0 radical (unpaired) electrons. The average Bonchev–Trinajstić information content (AvgIpc) is 2.85. The molecule has 0 fully saturated rings. The lowest BCUT2D eigenvalue weighted by Crippen LogP contribution is -2.36. The van der Waals surface area contributed by atoms with Gasteiger partial charge in [-0.3, -0.25) is 14.7 Å². The maximum Gasteiger partial charge on any atom is 0.281 e. The third-order valence-electron chi connectivity index (χ3n) is 3.48. The number of nitrogens with zero attached hydrogens (tertiary/aromatic N) is 1.